The monoisotopic (exact) mass is 390 g/mol. The van der Waals surface area contributed by atoms with Crippen LogP contribution in [0, 0.1) is 0 Å². The molecule has 2 aliphatic heterocycles. The summed E-state index contributed by atoms with van der Waals surface area (Å²) in [6.07, 6.45) is -4.26. The molecule has 0 aromatic heterocycles. The van der Waals surface area contributed by atoms with Crippen LogP contribution in [0.15, 0.2) is 17.0 Å². The largest absolute Gasteiger partial charge is 0.417 e. The van der Waals surface area contributed by atoms with Gasteiger partial charge in [-0.3, -0.25) is 19.7 Å². The van der Waals surface area contributed by atoms with Gasteiger partial charge in [0, 0.05) is 24.8 Å². The van der Waals surface area contributed by atoms with E-state index in [1.807, 2.05) is 0 Å². The van der Waals surface area contributed by atoms with Crippen molar-refractivity contribution < 1.29 is 36.0 Å². The number of sulfone groups is 1. The lowest BCUT2D eigenvalue weighted by Gasteiger charge is -2.29. The Hall–Kier alpha value is -2.43. The van der Waals surface area contributed by atoms with Gasteiger partial charge < -0.3 is 4.90 Å². The Balaban J connectivity index is 2.05. The molecular weight excluding hydrogens is 377 g/mol. The molecule has 11 heteroatoms. The molecule has 26 heavy (non-hydrogen) atoms. The van der Waals surface area contributed by atoms with E-state index in [-0.39, 0.29) is 30.5 Å². The van der Waals surface area contributed by atoms with Crippen LogP contribution in [0.2, 0.25) is 0 Å². The highest BCUT2D eigenvalue weighted by molar-refractivity contribution is 7.90. The quantitative estimate of drug-likeness (QED) is 0.756. The number of amides is 3. The molecule has 0 saturated carbocycles. The first-order chi connectivity index (χ1) is 11.9. The summed E-state index contributed by atoms with van der Waals surface area (Å²) < 4.78 is 63.2. The van der Waals surface area contributed by atoms with Crippen molar-refractivity contribution in [2.24, 2.45) is 0 Å². The third kappa shape index (κ3) is 3.06. The molecule has 0 spiro atoms. The van der Waals surface area contributed by atoms with Gasteiger partial charge in [0.2, 0.25) is 11.8 Å². The zero-order chi connectivity index (χ0) is 19.4. The van der Waals surface area contributed by atoms with Crippen LogP contribution in [0.25, 0.3) is 0 Å². The van der Waals surface area contributed by atoms with Crippen LogP contribution in [0.3, 0.4) is 0 Å². The molecule has 1 fully saturated rings. The predicted molar refractivity (Wildman–Crippen MR) is 80.6 cm³/mol. The molecule has 2 heterocycles. The maximum atomic E-state index is 13.2. The lowest BCUT2D eigenvalue weighted by Crippen LogP contribution is -2.52. The number of hydrogen-bond donors (Lipinski definition) is 1. The van der Waals surface area contributed by atoms with E-state index in [1.165, 1.54) is 0 Å². The fourth-order valence-electron chi connectivity index (χ4n) is 3.12. The first kappa shape index (κ1) is 18.4. The van der Waals surface area contributed by atoms with Gasteiger partial charge in [-0.15, -0.1) is 0 Å². The van der Waals surface area contributed by atoms with Crippen LogP contribution in [0.4, 0.5) is 13.2 Å². The van der Waals surface area contributed by atoms with Crippen LogP contribution >= 0.6 is 0 Å². The first-order valence-corrected chi connectivity index (χ1v) is 9.37. The molecule has 1 saturated heterocycles. The van der Waals surface area contributed by atoms with E-state index < -0.39 is 50.2 Å². The van der Waals surface area contributed by atoms with E-state index in [0.717, 1.165) is 11.0 Å². The highest BCUT2D eigenvalue weighted by Gasteiger charge is 2.43. The maximum absolute atomic E-state index is 13.2. The van der Waals surface area contributed by atoms with E-state index in [9.17, 15) is 36.0 Å². The second-order valence-corrected chi connectivity index (χ2v) is 8.16. The van der Waals surface area contributed by atoms with Crippen LogP contribution in [-0.4, -0.2) is 43.3 Å². The topological polar surface area (TPSA) is 101 Å². The molecule has 0 aliphatic carbocycles. The number of piperidine rings is 1. The van der Waals surface area contributed by atoms with Crippen molar-refractivity contribution in [2.75, 3.05) is 6.26 Å². The number of carbonyl (C=O) groups is 3. The normalized spacial score (nSPS) is 21.0. The summed E-state index contributed by atoms with van der Waals surface area (Å²) in [5, 5.41) is 2.08. The van der Waals surface area contributed by atoms with Gasteiger partial charge in [0.25, 0.3) is 5.91 Å². The van der Waals surface area contributed by atoms with Crippen molar-refractivity contribution in [3.63, 3.8) is 0 Å². The molecular formula is C15H13F3N2O5S. The fourth-order valence-corrected chi connectivity index (χ4v) is 4.05. The molecule has 0 radical (unpaired) electrons. The van der Waals surface area contributed by atoms with Gasteiger partial charge in [-0.05, 0) is 24.1 Å². The molecule has 140 valence electrons. The summed E-state index contributed by atoms with van der Waals surface area (Å²) in [4.78, 5) is 35.8. The third-order valence-electron chi connectivity index (χ3n) is 4.33. The van der Waals surface area contributed by atoms with Crippen LogP contribution in [-0.2, 0) is 32.1 Å². The summed E-state index contributed by atoms with van der Waals surface area (Å²) in [5.74, 6) is -2.00. The second-order valence-electron chi connectivity index (χ2n) is 6.18. The first-order valence-electron chi connectivity index (χ1n) is 7.48. The molecule has 3 amide bonds. The van der Waals surface area contributed by atoms with Gasteiger partial charge in [-0.1, -0.05) is 0 Å². The number of rotatable bonds is 2. The fraction of sp³-hybridized carbons (Fsp3) is 0.400. The minimum absolute atomic E-state index is 0.00107. The van der Waals surface area contributed by atoms with E-state index in [0.29, 0.717) is 12.3 Å². The van der Waals surface area contributed by atoms with Gasteiger partial charge in [0.1, 0.15) is 6.04 Å². The Labute approximate surface area is 146 Å². The number of nitrogens with zero attached hydrogens (tertiary/aromatic N) is 1. The molecule has 7 nitrogen and oxygen atoms in total. The summed E-state index contributed by atoms with van der Waals surface area (Å²) in [7, 11) is -4.19. The maximum Gasteiger partial charge on any atom is 0.417 e. The molecule has 1 atom stereocenters. The van der Waals surface area contributed by atoms with Crippen LogP contribution in [0.5, 0.6) is 0 Å². The molecule has 2 aliphatic rings. The molecule has 0 bridgehead atoms. The highest BCUT2D eigenvalue weighted by Crippen LogP contribution is 2.38. The standard InChI is InChI=1S/C15H13F3N2O5S/c1-26(24,25)11-4-7-6-20(10-2-3-12(21)19-13(10)22)14(23)8(7)5-9(11)15(16,17)18/h4-5,10H,2-3,6H2,1H3,(H,19,21,22). The summed E-state index contributed by atoms with van der Waals surface area (Å²) >= 11 is 0. The van der Waals surface area contributed by atoms with Crippen molar-refractivity contribution in [1.82, 2.24) is 10.2 Å². The predicted octanol–water partition coefficient (Wildman–Crippen LogP) is 0.870. The van der Waals surface area contributed by atoms with Gasteiger partial charge in [-0.2, -0.15) is 13.2 Å². The van der Waals surface area contributed by atoms with Crippen molar-refractivity contribution >= 4 is 27.6 Å². The Morgan fingerprint density at radius 1 is 1.19 bits per heavy atom. The summed E-state index contributed by atoms with van der Waals surface area (Å²) in [6.45, 7) is -0.207. The van der Waals surface area contributed by atoms with E-state index in [4.69, 9.17) is 0 Å². The van der Waals surface area contributed by atoms with Gasteiger partial charge in [0.15, 0.2) is 9.84 Å². The smallest absolute Gasteiger partial charge is 0.322 e. The van der Waals surface area contributed by atoms with E-state index >= 15 is 0 Å². The van der Waals surface area contributed by atoms with Crippen LogP contribution < -0.4 is 5.32 Å². The Morgan fingerprint density at radius 3 is 2.38 bits per heavy atom. The van der Waals surface area contributed by atoms with Crippen LogP contribution in [0.1, 0.15) is 34.3 Å². The Kier molecular flexibility index (Phi) is 4.09. The van der Waals surface area contributed by atoms with Crippen molar-refractivity contribution in [2.45, 2.75) is 36.5 Å². The molecule has 3 rings (SSSR count). The number of nitrogens with one attached hydrogen (secondary N) is 1. The van der Waals surface area contributed by atoms with Crippen molar-refractivity contribution in [3.8, 4) is 0 Å². The lowest BCUT2D eigenvalue weighted by atomic mass is 10.0. The van der Waals surface area contributed by atoms with E-state index in [2.05, 4.69) is 5.32 Å². The zero-order valence-corrected chi connectivity index (χ0v) is 14.2. The van der Waals surface area contributed by atoms with E-state index in [1.54, 1.807) is 0 Å². The molecule has 1 aromatic carbocycles. The third-order valence-corrected chi connectivity index (χ3v) is 5.47. The summed E-state index contributed by atoms with van der Waals surface area (Å²) in [5.41, 5.74) is -1.63. The van der Waals surface area contributed by atoms with Crippen molar-refractivity contribution in [1.29, 1.82) is 0 Å². The Bertz CT molecular complexity index is 939. The SMILES string of the molecule is CS(=O)(=O)c1cc2c(cc1C(F)(F)F)C(=O)N(C1CCC(=O)NC1=O)C2. The number of carbonyl (C=O) groups excluding carboxylic acids is 3. The number of hydrogen-bond acceptors (Lipinski definition) is 5. The average Bonchev–Trinajstić information content (AvgIpc) is 2.81. The summed E-state index contributed by atoms with van der Waals surface area (Å²) in [6, 6.07) is 0.348. The minimum atomic E-state index is -4.96. The number of halogens is 3. The van der Waals surface area contributed by atoms with Gasteiger partial charge in [0.05, 0.1) is 10.5 Å². The lowest BCUT2D eigenvalue weighted by molar-refractivity contribution is -0.140. The number of imide groups is 1. The van der Waals surface area contributed by atoms with Crippen molar-refractivity contribution in [3.05, 3.63) is 28.8 Å². The molecule has 1 N–H and O–H groups in total. The second kappa shape index (κ2) is 5.79. The highest BCUT2D eigenvalue weighted by atomic mass is 32.2. The molecule has 1 unspecified atom stereocenters. The van der Waals surface area contributed by atoms with Gasteiger partial charge in [-0.25, -0.2) is 8.42 Å². The number of benzene rings is 1. The number of fused-ring (bicyclic) bond motifs is 1. The molecule has 1 aromatic rings. The van der Waals surface area contributed by atoms with Gasteiger partial charge >= 0.3 is 6.18 Å². The minimum Gasteiger partial charge on any atom is -0.322 e. The number of alkyl halides is 3. The average molecular weight is 390 g/mol. The Morgan fingerprint density at radius 2 is 1.85 bits per heavy atom. The zero-order valence-electron chi connectivity index (χ0n) is 13.4.